The van der Waals surface area contributed by atoms with Gasteiger partial charge in [0.2, 0.25) is 5.82 Å². The van der Waals surface area contributed by atoms with E-state index in [0.29, 0.717) is 17.1 Å². The standard InChI is InChI=1S/C20H15N3O4S/c1-26-17-7-3-2-5-14(17)16(24)11-23-9-4-6-15(20(23)25)19-21-18(22-27-19)13-8-10-28-12-13/h2-10,12H,11H2,1H3. The minimum absolute atomic E-state index is 0.116. The summed E-state index contributed by atoms with van der Waals surface area (Å²) in [5.74, 6) is 0.761. The highest BCUT2D eigenvalue weighted by Gasteiger charge is 2.17. The van der Waals surface area contributed by atoms with E-state index < -0.39 is 0 Å². The Bertz CT molecular complexity index is 1180. The van der Waals surface area contributed by atoms with Crippen molar-refractivity contribution in [2.24, 2.45) is 0 Å². The molecule has 1 aromatic carbocycles. The number of thiophene rings is 1. The molecule has 0 spiro atoms. The van der Waals surface area contributed by atoms with E-state index in [4.69, 9.17) is 9.26 Å². The lowest BCUT2D eigenvalue weighted by Crippen LogP contribution is -2.25. The Morgan fingerprint density at radius 1 is 1.21 bits per heavy atom. The number of benzene rings is 1. The monoisotopic (exact) mass is 393 g/mol. The van der Waals surface area contributed by atoms with Crippen LogP contribution in [-0.2, 0) is 6.54 Å². The first-order valence-corrected chi connectivity index (χ1v) is 9.34. The Balaban J connectivity index is 1.64. The number of nitrogens with zero attached hydrogens (tertiary/aromatic N) is 3. The van der Waals surface area contributed by atoms with Crippen LogP contribution in [0.15, 0.2) is 68.7 Å². The molecule has 0 aliphatic heterocycles. The van der Waals surface area contributed by atoms with Crippen molar-refractivity contribution >= 4 is 17.1 Å². The van der Waals surface area contributed by atoms with Gasteiger partial charge in [-0.2, -0.15) is 16.3 Å². The molecule has 3 heterocycles. The van der Waals surface area contributed by atoms with Gasteiger partial charge in [0, 0.05) is 17.1 Å². The van der Waals surface area contributed by atoms with Gasteiger partial charge in [0.05, 0.1) is 19.2 Å². The largest absolute Gasteiger partial charge is 0.496 e. The molecule has 140 valence electrons. The first-order valence-electron chi connectivity index (χ1n) is 8.39. The van der Waals surface area contributed by atoms with Gasteiger partial charge in [-0.15, -0.1) is 0 Å². The number of carbonyl (C=O) groups excluding carboxylic acids is 1. The fraction of sp³-hybridized carbons (Fsp3) is 0.100. The van der Waals surface area contributed by atoms with Crippen LogP contribution in [0.3, 0.4) is 0 Å². The number of rotatable bonds is 6. The molecule has 0 saturated heterocycles. The number of hydrogen-bond acceptors (Lipinski definition) is 7. The van der Waals surface area contributed by atoms with Gasteiger partial charge in [0.15, 0.2) is 5.78 Å². The third-order valence-electron chi connectivity index (χ3n) is 4.18. The summed E-state index contributed by atoms with van der Waals surface area (Å²) in [4.78, 5) is 29.8. The molecular weight excluding hydrogens is 378 g/mol. The summed E-state index contributed by atoms with van der Waals surface area (Å²) in [5, 5.41) is 7.73. The first kappa shape index (κ1) is 17.9. The van der Waals surface area contributed by atoms with Crippen molar-refractivity contribution in [1.82, 2.24) is 14.7 Å². The van der Waals surface area contributed by atoms with Crippen LogP contribution in [0.2, 0.25) is 0 Å². The van der Waals surface area contributed by atoms with Gasteiger partial charge in [-0.25, -0.2) is 0 Å². The fourth-order valence-corrected chi connectivity index (χ4v) is 3.42. The Hall–Kier alpha value is -3.52. The SMILES string of the molecule is COc1ccccc1C(=O)Cn1cccc(-c2nc(-c3ccsc3)no2)c1=O. The maximum atomic E-state index is 12.8. The van der Waals surface area contributed by atoms with E-state index in [0.717, 1.165) is 5.56 Å². The number of hydrogen-bond donors (Lipinski definition) is 0. The number of aromatic nitrogens is 3. The molecule has 0 aliphatic rings. The van der Waals surface area contributed by atoms with E-state index in [-0.39, 0.29) is 29.3 Å². The summed E-state index contributed by atoms with van der Waals surface area (Å²) in [6.07, 6.45) is 1.55. The second-order valence-electron chi connectivity index (χ2n) is 5.91. The molecule has 28 heavy (non-hydrogen) atoms. The zero-order chi connectivity index (χ0) is 19.5. The van der Waals surface area contributed by atoms with Crippen molar-refractivity contribution in [1.29, 1.82) is 0 Å². The third kappa shape index (κ3) is 3.37. The minimum Gasteiger partial charge on any atom is -0.496 e. The van der Waals surface area contributed by atoms with Crippen LogP contribution in [0.5, 0.6) is 5.75 Å². The van der Waals surface area contributed by atoms with Crippen molar-refractivity contribution in [3.63, 3.8) is 0 Å². The van der Waals surface area contributed by atoms with Crippen LogP contribution in [-0.4, -0.2) is 27.6 Å². The van der Waals surface area contributed by atoms with E-state index in [1.54, 1.807) is 42.6 Å². The van der Waals surface area contributed by atoms with E-state index >= 15 is 0 Å². The number of carbonyl (C=O) groups is 1. The zero-order valence-electron chi connectivity index (χ0n) is 14.9. The number of para-hydroxylation sites is 1. The lowest BCUT2D eigenvalue weighted by atomic mass is 10.1. The predicted molar refractivity (Wildman–Crippen MR) is 105 cm³/mol. The summed E-state index contributed by atoms with van der Waals surface area (Å²) in [6.45, 7) is -0.126. The molecule has 0 aliphatic carbocycles. The van der Waals surface area contributed by atoms with Crippen molar-refractivity contribution in [3.05, 3.63) is 75.3 Å². The second-order valence-corrected chi connectivity index (χ2v) is 6.69. The highest BCUT2D eigenvalue weighted by molar-refractivity contribution is 7.08. The van der Waals surface area contributed by atoms with Crippen molar-refractivity contribution in [3.8, 4) is 28.6 Å². The van der Waals surface area contributed by atoms with Crippen LogP contribution in [0.25, 0.3) is 22.8 Å². The lowest BCUT2D eigenvalue weighted by Gasteiger charge is -2.09. The fourth-order valence-electron chi connectivity index (χ4n) is 2.78. The van der Waals surface area contributed by atoms with Crippen molar-refractivity contribution < 1.29 is 14.1 Å². The zero-order valence-corrected chi connectivity index (χ0v) is 15.7. The Morgan fingerprint density at radius 2 is 2.07 bits per heavy atom. The maximum Gasteiger partial charge on any atom is 0.263 e. The number of ether oxygens (including phenoxy) is 1. The highest BCUT2D eigenvalue weighted by atomic mass is 32.1. The average molecular weight is 393 g/mol. The molecule has 0 N–H and O–H groups in total. The van der Waals surface area contributed by atoms with Crippen LogP contribution < -0.4 is 10.3 Å². The molecule has 4 rings (SSSR count). The summed E-state index contributed by atoms with van der Waals surface area (Å²) in [6, 6.07) is 12.0. The van der Waals surface area contributed by atoms with Crippen molar-refractivity contribution in [2.75, 3.05) is 7.11 Å². The summed E-state index contributed by atoms with van der Waals surface area (Å²) >= 11 is 1.52. The molecule has 3 aromatic heterocycles. The number of pyridine rings is 1. The normalized spacial score (nSPS) is 10.8. The minimum atomic E-state index is -0.383. The van der Waals surface area contributed by atoms with Crippen LogP contribution >= 0.6 is 11.3 Å². The number of methoxy groups -OCH3 is 1. The molecule has 7 nitrogen and oxygen atoms in total. The predicted octanol–water partition coefficient (Wildman–Crippen LogP) is 3.52. The van der Waals surface area contributed by atoms with E-state index in [2.05, 4.69) is 10.1 Å². The second kappa shape index (κ2) is 7.61. The average Bonchev–Trinajstić information content (AvgIpc) is 3.41. The Kier molecular flexibility index (Phi) is 4.86. The Morgan fingerprint density at radius 3 is 2.86 bits per heavy atom. The van der Waals surface area contributed by atoms with Gasteiger partial charge in [-0.3, -0.25) is 9.59 Å². The van der Waals surface area contributed by atoms with Gasteiger partial charge in [-0.1, -0.05) is 17.3 Å². The summed E-state index contributed by atoms with van der Waals surface area (Å²) in [5.41, 5.74) is 1.10. The van der Waals surface area contributed by atoms with Crippen LogP contribution in [0.1, 0.15) is 10.4 Å². The number of Topliss-reactive ketones (excluding diaryl/α,β-unsaturated/α-hetero) is 1. The van der Waals surface area contributed by atoms with Gasteiger partial charge < -0.3 is 13.8 Å². The molecular formula is C20H15N3O4S. The van der Waals surface area contributed by atoms with Crippen molar-refractivity contribution in [2.45, 2.75) is 6.54 Å². The molecule has 0 saturated carbocycles. The van der Waals surface area contributed by atoms with E-state index in [1.807, 2.05) is 16.8 Å². The Labute approximate surface area is 163 Å². The van der Waals surface area contributed by atoms with E-state index in [1.165, 1.54) is 23.0 Å². The highest BCUT2D eigenvalue weighted by Crippen LogP contribution is 2.22. The van der Waals surface area contributed by atoms with Crippen LogP contribution in [0, 0.1) is 0 Å². The number of ketones is 1. The molecule has 0 unspecified atom stereocenters. The third-order valence-corrected chi connectivity index (χ3v) is 4.86. The molecule has 0 radical (unpaired) electrons. The summed E-state index contributed by atoms with van der Waals surface area (Å²) in [7, 11) is 1.50. The molecule has 0 bridgehead atoms. The first-order chi connectivity index (χ1) is 13.7. The van der Waals surface area contributed by atoms with Crippen LogP contribution in [0.4, 0.5) is 0 Å². The molecule has 0 fully saturated rings. The molecule has 4 aromatic rings. The van der Waals surface area contributed by atoms with Gasteiger partial charge in [0.25, 0.3) is 11.4 Å². The topological polar surface area (TPSA) is 87.2 Å². The van der Waals surface area contributed by atoms with E-state index in [9.17, 15) is 9.59 Å². The summed E-state index contributed by atoms with van der Waals surface area (Å²) < 4.78 is 11.8. The smallest absolute Gasteiger partial charge is 0.263 e. The van der Waals surface area contributed by atoms with Gasteiger partial charge >= 0.3 is 0 Å². The quantitative estimate of drug-likeness (QED) is 0.466. The van der Waals surface area contributed by atoms with Gasteiger partial charge in [0.1, 0.15) is 11.3 Å². The van der Waals surface area contributed by atoms with Gasteiger partial charge in [-0.05, 0) is 35.7 Å². The molecule has 0 atom stereocenters. The molecule has 0 amide bonds. The molecule has 8 heteroatoms. The maximum absolute atomic E-state index is 12.8. The lowest BCUT2D eigenvalue weighted by molar-refractivity contribution is 0.0968.